The number of ketones is 1. The molecule has 0 aromatic carbocycles. The molecule has 0 radical (unpaired) electrons. The maximum Gasteiger partial charge on any atom is 0.172 e. The summed E-state index contributed by atoms with van der Waals surface area (Å²) < 4.78 is 4.85. The van der Waals surface area contributed by atoms with E-state index in [1.807, 2.05) is 14.1 Å². The standard InChI is InChI=1S/C12H26N2O2/c1-11(2)8-14(7-6-13(3)4)9-12(15)10-16-5/h11H,6-10H2,1-5H3. The second-order valence-corrected chi connectivity index (χ2v) is 4.90. The van der Waals surface area contributed by atoms with Crippen LogP contribution < -0.4 is 0 Å². The third-order valence-corrected chi connectivity index (χ3v) is 2.19. The Hall–Kier alpha value is -0.450. The van der Waals surface area contributed by atoms with Gasteiger partial charge in [-0.25, -0.2) is 0 Å². The monoisotopic (exact) mass is 230 g/mol. The van der Waals surface area contributed by atoms with E-state index in [1.165, 1.54) is 0 Å². The van der Waals surface area contributed by atoms with Gasteiger partial charge in [-0.3, -0.25) is 9.69 Å². The summed E-state index contributed by atoms with van der Waals surface area (Å²) in [5.41, 5.74) is 0. The van der Waals surface area contributed by atoms with Crippen LogP contribution in [0.5, 0.6) is 0 Å². The molecule has 0 aromatic rings. The van der Waals surface area contributed by atoms with Crippen LogP contribution in [0.25, 0.3) is 0 Å². The molecular weight excluding hydrogens is 204 g/mol. The summed E-state index contributed by atoms with van der Waals surface area (Å²) in [5, 5.41) is 0. The Morgan fingerprint density at radius 3 is 2.31 bits per heavy atom. The quantitative estimate of drug-likeness (QED) is 0.584. The first-order valence-corrected chi connectivity index (χ1v) is 5.83. The Morgan fingerprint density at radius 1 is 1.25 bits per heavy atom. The van der Waals surface area contributed by atoms with Crippen LogP contribution in [-0.2, 0) is 9.53 Å². The molecule has 0 saturated carbocycles. The zero-order valence-electron chi connectivity index (χ0n) is 11.3. The lowest BCUT2D eigenvalue weighted by atomic mass is 10.2. The van der Waals surface area contributed by atoms with E-state index in [-0.39, 0.29) is 12.4 Å². The maximum atomic E-state index is 11.5. The number of hydrogen-bond donors (Lipinski definition) is 0. The first-order valence-electron chi connectivity index (χ1n) is 5.83. The smallest absolute Gasteiger partial charge is 0.172 e. The summed E-state index contributed by atoms with van der Waals surface area (Å²) in [6, 6.07) is 0. The van der Waals surface area contributed by atoms with Gasteiger partial charge in [0, 0.05) is 26.7 Å². The summed E-state index contributed by atoms with van der Waals surface area (Å²) in [6.07, 6.45) is 0. The van der Waals surface area contributed by atoms with Gasteiger partial charge in [-0.1, -0.05) is 13.8 Å². The molecule has 0 unspecified atom stereocenters. The van der Waals surface area contributed by atoms with Gasteiger partial charge in [0.1, 0.15) is 6.61 Å². The lowest BCUT2D eigenvalue weighted by Crippen LogP contribution is -2.38. The van der Waals surface area contributed by atoms with Crippen LogP contribution in [0.3, 0.4) is 0 Å². The molecule has 0 atom stereocenters. The zero-order valence-corrected chi connectivity index (χ0v) is 11.3. The number of likely N-dealkylation sites (N-methyl/N-ethyl adjacent to an activating group) is 1. The minimum Gasteiger partial charge on any atom is -0.377 e. The Balaban J connectivity index is 4.03. The molecule has 4 nitrogen and oxygen atoms in total. The van der Waals surface area contributed by atoms with Crippen molar-refractivity contribution in [2.45, 2.75) is 13.8 Å². The number of ether oxygens (including phenoxy) is 1. The molecule has 4 heteroatoms. The fraction of sp³-hybridized carbons (Fsp3) is 0.917. The summed E-state index contributed by atoms with van der Waals surface area (Å²) in [4.78, 5) is 15.8. The third-order valence-electron chi connectivity index (χ3n) is 2.19. The number of nitrogens with zero attached hydrogens (tertiary/aromatic N) is 2. The van der Waals surface area contributed by atoms with Gasteiger partial charge >= 0.3 is 0 Å². The highest BCUT2D eigenvalue weighted by Gasteiger charge is 2.12. The van der Waals surface area contributed by atoms with Crippen molar-refractivity contribution in [3.63, 3.8) is 0 Å². The van der Waals surface area contributed by atoms with Gasteiger partial charge in [0.05, 0.1) is 6.54 Å². The highest BCUT2D eigenvalue weighted by atomic mass is 16.5. The number of carbonyl (C=O) groups is 1. The van der Waals surface area contributed by atoms with Crippen molar-refractivity contribution in [3.8, 4) is 0 Å². The van der Waals surface area contributed by atoms with Gasteiger partial charge in [-0.15, -0.1) is 0 Å². The van der Waals surface area contributed by atoms with Crippen molar-refractivity contribution < 1.29 is 9.53 Å². The minimum atomic E-state index is 0.155. The van der Waals surface area contributed by atoms with Gasteiger partial charge in [0.2, 0.25) is 0 Å². The van der Waals surface area contributed by atoms with Crippen molar-refractivity contribution in [1.29, 1.82) is 0 Å². The molecule has 0 rings (SSSR count). The normalized spacial score (nSPS) is 11.8. The second kappa shape index (κ2) is 8.67. The van der Waals surface area contributed by atoms with Crippen molar-refractivity contribution in [2.24, 2.45) is 5.92 Å². The molecule has 0 bridgehead atoms. The predicted molar refractivity (Wildman–Crippen MR) is 66.7 cm³/mol. The summed E-state index contributed by atoms with van der Waals surface area (Å²) in [6.45, 7) is 7.93. The van der Waals surface area contributed by atoms with E-state index in [1.54, 1.807) is 7.11 Å². The highest BCUT2D eigenvalue weighted by molar-refractivity contribution is 5.81. The summed E-state index contributed by atoms with van der Waals surface area (Å²) >= 11 is 0. The van der Waals surface area contributed by atoms with E-state index in [0.717, 1.165) is 19.6 Å². The fourth-order valence-corrected chi connectivity index (χ4v) is 1.55. The van der Waals surface area contributed by atoms with Crippen molar-refractivity contribution in [1.82, 2.24) is 9.80 Å². The molecule has 0 aliphatic rings. The van der Waals surface area contributed by atoms with E-state index in [0.29, 0.717) is 12.5 Å². The lowest BCUT2D eigenvalue weighted by molar-refractivity contribution is -0.123. The van der Waals surface area contributed by atoms with Crippen LogP contribution >= 0.6 is 0 Å². The van der Waals surface area contributed by atoms with Gasteiger partial charge < -0.3 is 9.64 Å². The van der Waals surface area contributed by atoms with Crippen LogP contribution in [0.2, 0.25) is 0 Å². The SMILES string of the molecule is COCC(=O)CN(CCN(C)C)CC(C)C. The van der Waals surface area contributed by atoms with E-state index in [2.05, 4.69) is 23.6 Å². The van der Waals surface area contributed by atoms with Crippen LogP contribution in [-0.4, -0.2) is 69.6 Å². The molecule has 0 aromatic heterocycles. The summed E-state index contributed by atoms with van der Waals surface area (Å²) in [7, 11) is 5.65. The average Bonchev–Trinajstić information content (AvgIpc) is 2.13. The molecule has 0 spiro atoms. The van der Waals surface area contributed by atoms with Gasteiger partial charge in [0.15, 0.2) is 5.78 Å². The van der Waals surface area contributed by atoms with Crippen molar-refractivity contribution in [3.05, 3.63) is 0 Å². The second-order valence-electron chi connectivity index (χ2n) is 4.90. The van der Waals surface area contributed by atoms with Crippen LogP contribution in [0, 0.1) is 5.92 Å². The lowest BCUT2D eigenvalue weighted by Gasteiger charge is -2.24. The molecule has 96 valence electrons. The average molecular weight is 230 g/mol. The number of hydrogen-bond acceptors (Lipinski definition) is 4. The van der Waals surface area contributed by atoms with Crippen LogP contribution in [0.4, 0.5) is 0 Å². The number of rotatable bonds is 9. The first-order chi connectivity index (χ1) is 7.45. The van der Waals surface area contributed by atoms with Crippen LogP contribution in [0.1, 0.15) is 13.8 Å². The Bertz CT molecular complexity index is 193. The molecule has 0 N–H and O–H groups in total. The maximum absolute atomic E-state index is 11.5. The largest absolute Gasteiger partial charge is 0.377 e. The molecule has 0 saturated heterocycles. The highest BCUT2D eigenvalue weighted by Crippen LogP contribution is 1.99. The fourth-order valence-electron chi connectivity index (χ4n) is 1.55. The predicted octanol–water partition coefficient (Wildman–Crippen LogP) is 0.722. The van der Waals surface area contributed by atoms with E-state index < -0.39 is 0 Å². The van der Waals surface area contributed by atoms with Gasteiger partial charge in [-0.05, 0) is 20.0 Å². The molecule has 16 heavy (non-hydrogen) atoms. The van der Waals surface area contributed by atoms with Gasteiger partial charge in [0.25, 0.3) is 0 Å². The van der Waals surface area contributed by atoms with E-state index >= 15 is 0 Å². The molecule has 0 aliphatic carbocycles. The Labute approximate surface area is 99.5 Å². The van der Waals surface area contributed by atoms with Crippen molar-refractivity contribution in [2.75, 3.05) is 54.0 Å². The molecule has 0 fully saturated rings. The van der Waals surface area contributed by atoms with Crippen molar-refractivity contribution >= 4 is 5.78 Å². The van der Waals surface area contributed by atoms with E-state index in [4.69, 9.17) is 4.74 Å². The minimum absolute atomic E-state index is 0.155. The van der Waals surface area contributed by atoms with E-state index in [9.17, 15) is 4.79 Å². The molecule has 0 amide bonds. The zero-order chi connectivity index (χ0) is 12.6. The number of Topliss-reactive ketones (excluding diaryl/α,β-unsaturated/α-hetero) is 1. The molecule has 0 heterocycles. The Kier molecular flexibility index (Phi) is 8.43. The molecule has 0 aliphatic heterocycles. The van der Waals surface area contributed by atoms with Gasteiger partial charge in [-0.2, -0.15) is 0 Å². The first kappa shape index (κ1) is 15.6. The van der Waals surface area contributed by atoms with Crippen LogP contribution in [0.15, 0.2) is 0 Å². The Morgan fingerprint density at radius 2 is 1.88 bits per heavy atom. The number of methoxy groups -OCH3 is 1. The summed E-state index contributed by atoms with van der Waals surface area (Å²) in [5.74, 6) is 0.736. The number of carbonyl (C=O) groups excluding carboxylic acids is 1. The molecular formula is C12H26N2O2. The third kappa shape index (κ3) is 8.83. The topological polar surface area (TPSA) is 32.8 Å².